The number of nitrogens with one attached hydrogen (secondary N) is 1. The van der Waals surface area contributed by atoms with Gasteiger partial charge in [0.1, 0.15) is 11.9 Å². The maximum Gasteiger partial charge on any atom is 0.265 e. The number of nitrogens with zero attached hydrogens (tertiary/aromatic N) is 1. The summed E-state index contributed by atoms with van der Waals surface area (Å²) >= 11 is 0. The fourth-order valence-corrected chi connectivity index (χ4v) is 2.23. The van der Waals surface area contributed by atoms with E-state index in [1.165, 1.54) is 18.2 Å². The van der Waals surface area contributed by atoms with Crippen LogP contribution in [-0.4, -0.2) is 42.5 Å². The number of amides is 2. The Morgan fingerprint density at radius 1 is 1.48 bits per heavy atom. The summed E-state index contributed by atoms with van der Waals surface area (Å²) in [6, 6.07) is 3.33. The lowest BCUT2D eigenvalue weighted by Crippen LogP contribution is -2.51. The van der Waals surface area contributed by atoms with E-state index >= 15 is 0 Å². The summed E-state index contributed by atoms with van der Waals surface area (Å²) in [6.07, 6.45) is 0. The number of nitrogen functional groups attached to an aromatic ring is 1. The molecule has 1 unspecified atom stereocenters. The Bertz CT molecular complexity index is 552. The molecule has 1 saturated heterocycles. The zero-order chi connectivity index (χ0) is 15.4. The third-order valence-electron chi connectivity index (χ3n) is 3.38. The van der Waals surface area contributed by atoms with Gasteiger partial charge in [-0.3, -0.25) is 19.9 Å². The van der Waals surface area contributed by atoms with E-state index in [1.54, 1.807) is 4.90 Å². The Morgan fingerprint density at radius 2 is 2.24 bits per heavy atom. The smallest absolute Gasteiger partial charge is 0.265 e. The van der Waals surface area contributed by atoms with Gasteiger partial charge in [0.25, 0.3) is 5.91 Å². The highest BCUT2D eigenvalue weighted by atomic mass is 19.1. The monoisotopic (exact) mass is 296 g/mol. The van der Waals surface area contributed by atoms with Crippen molar-refractivity contribution in [1.29, 1.82) is 0 Å². The minimum atomic E-state index is -0.606. The molecule has 7 nitrogen and oxygen atoms in total. The number of ether oxygens (including phenoxy) is 1. The Kier molecular flexibility index (Phi) is 4.84. The summed E-state index contributed by atoms with van der Waals surface area (Å²) < 4.78 is 19.1. The number of carbonyl (C=O) groups is 2. The van der Waals surface area contributed by atoms with Crippen LogP contribution in [0.25, 0.3) is 0 Å². The van der Waals surface area contributed by atoms with Crippen LogP contribution in [0.4, 0.5) is 4.39 Å². The fourth-order valence-electron chi connectivity index (χ4n) is 2.23. The Balaban J connectivity index is 2.21. The van der Waals surface area contributed by atoms with Crippen molar-refractivity contribution >= 4 is 11.8 Å². The highest BCUT2D eigenvalue weighted by Gasteiger charge is 2.28. The predicted octanol–water partition coefficient (Wildman–Crippen LogP) is -0.885. The highest BCUT2D eigenvalue weighted by Crippen LogP contribution is 2.17. The van der Waals surface area contributed by atoms with Gasteiger partial charge in [-0.2, -0.15) is 0 Å². The molecule has 0 radical (unpaired) electrons. The average Bonchev–Trinajstić information content (AvgIpc) is 2.49. The summed E-state index contributed by atoms with van der Waals surface area (Å²) in [6.45, 7) is 1.24. The molecule has 1 aromatic rings. The first-order valence-corrected chi connectivity index (χ1v) is 6.43. The molecule has 0 saturated carbocycles. The van der Waals surface area contributed by atoms with E-state index in [2.05, 4.69) is 0 Å². The number of hydrogen-bond acceptors (Lipinski definition) is 5. The number of nitrogens with two attached hydrogens (primary N) is 2. The van der Waals surface area contributed by atoms with Crippen molar-refractivity contribution in [2.24, 2.45) is 11.6 Å². The van der Waals surface area contributed by atoms with Crippen LogP contribution >= 0.6 is 0 Å². The molecule has 1 fully saturated rings. The lowest BCUT2D eigenvalue weighted by Gasteiger charge is -2.33. The molecule has 1 aliphatic rings. The van der Waals surface area contributed by atoms with Crippen molar-refractivity contribution < 1.29 is 18.7 Å². The first kappa shape index (κ1) is 15.4. The summed E-state index contributed by atoms with van der Waals surface area (Å²) in [4.78, 5) is 24.6. The van der Waals surface area contributed by atoms with Crippen LogP contribution in [0, 0.1) is 5.82 Å². The van der Waals surface area contributed by atoms with Crippen molar-refractivity contribution in [1.82, 2.24) is 10.3 Å². The summed E-state index contributed by atoms with van der Waals surface area (Å²) in [7, 11) is 0. The lowest BCUT2D eigenvalue weighted by atomic mass is 10.1. The van der Waals surface area contributed by atoms with E-state index in [9.17, 15) is 14.0 Å². The number of carbonyl (C=O) groups excluding carboxylic acids is 2. The van der Waals surface area contributed by atoms with Gasteiger partial charge in [0, 0.05) is 24.2 Å². The number of hydrazine groups is 1. The van der Waals surface area contributed by atoms with E-state index in [-0.39, 0.29) is 18.7 Å². The first-order chi connectivity index (χ1) is 10.0. The van der Waals surface area contributed by atoms with Gasteiger partial charge < -0.3 is 10.5 Å². The first-order valence-electron chi connectivity index (χ1n) is 6.43. The molecule has 114 valence electrons. The van der Waals surface area contributed by atoms with E-state index in [1.807, 2.05) is 5.43 Å². The maximum absolute atomic E-state index is 13.9. The second-order valence-electron chi connectivity index (χ2n) is 4.74. The molecule has 2 rings (SSSR count). The average molecular weight is 296 g/mol. The largest absolute Gasteiger partial charge is 0.378 e. The molecule has 0 aromatic heterocycles. The quantitative estimate of drug-likeness (QED) is 0.379. The van der Waals surface area contributed by atoms with E-state index in [0.717, 1.165) is 0 Å². The third-order valence-corrected chi connectivity index (χ3v) is 3.38. The standard InChI is InChI=1S/C13H17FN4O3/c14-10-2-1-8(13(20)17-16)5-9(10)6-18-3-4-21-7-11(18)12(15)19/h1-2,5,11H,3-4,6-7,16H2,(H2,15,19)(H,17,20). The highest BCUT2D eigenvalue weighted by molar-refractivity contribution is 5.93. The fraction of sp³-hybridized carbons (Fsp3) is 0.385. The normalized spacial score (nSPS) is 19.2. The van der Waals surface area contributed by atoms with Gasteiger partial charge in [0.15, 0.2) is 0 Å². The summed E-state index contributed by atoms with van der Waals surface area (Å²) in [5, 5.41) is 0. The van der Waals surface area contributed by atoms with Gasteiger partial charge in [0.05, 0.1) is 13.2 Å². The van der Waals surface area contributed by atoms with Crippen LogP contribution in [0.5, 0.6) is 0 Å². The second kappa shape index (κ2) is 6.61. The summed E-state index contributed by atoms with van der Waals surface area (Å²) in [5.74, 6) is 3.57. The number of primary amides is 1. The zero-order valence-corrected chi connectivity index (χ0v) is 11.3. The van der Waals surface area contributed by atoms with Crippen molar-refractivity contribution in [2.45, 2.75) is 12.6 Å². The van der Waals surface area contributed by atoms with Crippen LogP contribution < -0.4 is 17.0 Å². The lowest BCUT2D eigenvalue weighted by molar-refractivity contribution is -0.129. The molecule has 1 heterocycles. The molecule has 2 amide bonds. The van der Waals surface area contributed by atoms with Crippen molar-refractivity contribution in [3.8, 4) is 0 Å². The third kappa shape index (κ3) is 3.54. The molecule has 1 atom stereocenters. The number of benzene rings is 1. The van der Waals surface area contributed by atoms with E-state index in [4.69, 9.17) is 16.3 Å². The number of rotatable bonds is 4. The maximum atomic E-state index is 13.9. The number of hydrogen-bond donors (Lipinski definition) is 3. The zero-order valence-electron chi connectivity index (χ0n) is 11.3. The van der Waals surface area contributed by atoms with Crippen LogP contribution in [0.15, 0.2) is 18.2 Å². The van der Waals surface area contributed by atoms with Gasteiger partial charge in [0.2, 0.25) is 5.91 Å². The van der Waals surface area contributed by atoms with Crippen LogP contribution in [-0.2, 0) is 16.1 Å². The van der Waals surface area contributed by atoms with Crippen LogP contribution in [0.2, 0.25) is 0 Å². The van der Waals surface area contributed by atoms with E-state index < -0.39 is 23.7 Å². The molecule has 21 heavy (non-hydrogen) atoms. The molecular formula is C13H17FN4O3. The van der Waals surface area contributed by atoms with Gasteiger partial charge in [-0.1, -0.05) is 0 Å². The van der Waals surface area contributed by atoms with Crippen molar-refractivity contribution in [3.63, 3.8) is 0 Å². The Labute approximate surface area is 121 Å². The molecule has 8 heteroatoms. The molecule has 0 aliphatic carbocycles. The van der Waals surface area contributed by atoms with Crippen molar-refractivity contribution in [3.05, 3.63) is 35.1 Å². The molecular weight excluding hydrogens is 279 g/mol. The molecule has 1 aliphatic heterocycles. The SMILES string of the molecule is NNC(=O)c1ccc(F)c(CN2CCOCC2C(N)=O)c1. The molecule has 1 aromatic carbocycles. The molecule has 0 spiro atoms. The van der Waals surface area contributed by atoms with Gasteiger partial charge in [-0.15, -0.1) is 0 Å². The van der Waals surface area contributed by atoms with Gasteiger partial charge in [-0.25, -0.2) is 10.2 Å². The van der Waals surface area contributed by atoms with Crippen LogP contribution in [0.3, 0.4) is 0 Å². The minimum absolute atomic E-state index is 0.161. The number of morpholine rings is 1. The Hall–Kier alpha value is -2.03. The Morgan fingerprint density at radius 3 is 2.90 bits per heavy atom. The van der Waals surface area contributed by atoms with Crippen LogP contribution in [0.1, 0.15) is 15.9 Å². The minimum Gasteiger partial charge on any atom is -0.378 e. The van der Waals surface area contributed by atoms with E-state index in [0.29, 0.717) is 18.7 Å². The molecule has 0 bridgehead atoms. The van der Waals surface area contributed by atoms with Gasteiger partial charge >= 0.3 is 0 Å². The summed E-state index contributed by atoms with van der Waals surface area (Å²) in [5.41, 5.74) is 7.85. The molecule has 5 N–H and O–H groups in total. The second-order valence-corrected chi connectivity index (χ2v) is 4.74. The topological polar surface area (TPSA) is 111 Å². The number of halogens is 1. The predicted molar refractivity (Wildman–Crippen MR) is 72.3 cm³/mol. The van der Waals surface area contributed by atoms with Crippen molar-refractivity contribution in [2.75, 3.05) is 19.8 Å². The van der Waals surface area contributed by atoms with Gasteiger partial charge in [-0.05, 0) is 18.2 Å².